The lowest BCUT2D eigenvalue weighted by Crippen LogP contribution is -2.43. The molecule has 4 heterocycles. The number of aromatic nitrogens is 3. The van der Waals surface area contributed by atoms with Crippen LogP contribution in [0.3, 0.4) is 0 Å². The molecule has 3 aromatic rings. The van der Waals surface area contributed by atoms with Crippen LogP contribution < -0.4 is 25.0 Å². The molecule has 210 valence electrons. The molecule has 39 heavy (non-hydrogen) atoms. The van der Waals surface area contributed by atoms with E-state index in [4.69, 9.17) is 24.4 Å². The van der Waals surface area contributed by atoms with Crippen LogP contribution in [0.15, 0.2) is 36.7 Å². The summed E-state index contributed by atoms with van der Waals surface area (Å²) in [5, 5.41) is 17.8. The molecule has 11 nitrogen and oxygen atoms in total. The normalized spacial score (nSPS) is 18.2. The Bertz CT molecular complexity index is 1330. The minimum absolute atomic E-state index is 0.0679. The number of carboxylic acids is 1. The number of hydrogen-bond acceptors (Lipinski definition) is 8. The number of anilines is 1. The summed E-state index contributed by atoms with van der Waals surface area (Å²) < 4.78 is 45.5. The van der Waals surface area contributed by atoms with Crippen molar-refractivity contribution in [2.24, 2.45) is 5.92 Å². The zero-order valence-electron chi connectivity index (χ0n) is 21.4. The Morgan fingerprint density at radius 1 is 1.23 bits per heavy atom. The van der Waals surface area contributed by atoms with Gasteiger partial charge in [-0.15, -0.1) is 0 Å². The molecule has 2 saturated heterocycles. The topological polar surface area (TPSA) is 130 Å². The number of carbonyl (C=O) groups is 2. The minimum Gasteiger partial charge on any atom is -0.495 e. The number of ether oxygens (including phenoxy) is 2. The van der Waals surface area contributed by atoms with Crippen LogP contribution in [0.1, 0.15) is 13.3 Å². The molecule has 0 unspecified atom stereocenters. The van der Waals surface area contributed by atoms with E-state index in [2.05, 4.69) is 32.8 Å². The van der Waals surface area contributed by atoms with Crippen molar-refractivity contribution in [2.45, 2.75) is 25.6 Å². The molecule has 3 N–H and O–H groups in total. The smallest absolute Gasteiger partial charge is 0.490 e. The van der Waals surface area contributed by atoms with Crippen molar-refractivity contribution >= 4 is 23.1 Å². The highest BCUT2D eigenvalue weighted by Gasteiger charge is 2.38. The number of hydrogen-bond donors (Lipinski definition) is 3. The van der Waals surface area contributed by atoms with Crippen LogP contribution in [-0.4, -0.2) is 83.7 Å². The molecular formula is C25H29F3N6O5. The van der Waals surface area contributed by atoms with Crippen molar-refractivity contribution in [3.8, 4) is 22.9 Å². The number of nitrogens with zero attached hydrogens (tertiary/aromatic N) is 4. The van der Waals surface area contributed by atoms with Crippen molar-refractivity contribution in [2.75, 3.05) is 44.7 Å². The monoisotopic (exact) mass is 550 g/mol. The number of benzene rings is 1. The summed E-state index contributed by atoms with van der Waals surface area (Å²) in [5.74, 6) is -1.24. The van der Waals surface area contributed by atoms with Crippen LogP contribution in [0.4, 0.5) is 18.9 Å². The fourth-order valence-electron chi connectivity index (χ4n) is 4.36. The Morgan fingerprint density at radius 3 is 2.56 bits per heavy atom. The Labute approximate surface area is 221 Å². The van der Waals surface area contributed by atoms with Gasteiger partial charge in [0.15, 0.2) is 0 Å². The van der Waals surface area contributed by atoms with E-state index in [1.807, 2.05) is 25.3 Å². The minimum atomic E-state index is -5.08. The van der Waals surface area contributed by atoms with Gasteiger partial charge in [-0.1, -0.05) is 6.07 Å². The summed E-state index contributed by atoms with van der Waals surface area (Å²) >= 11 is 0. The molecule has 0 bridgehead atoms. The molecule has 2 fully saturated rings. The number of methoxy groups -OCH3 is 1. The Hall–Kier alpha value is -4.07. The van der Waals surface area contributed by atoms with E-state index in [1.54, 1.807) is 17.8 Å². The number of carboxylic acid groups (broad SMARTS) is 1. The number of amides is 1. The van der Waals surface area contributed by atoms with E-state index in [-0.39, 0.29) is 17.9 Å². The molecule has 2 aliphatic rings. The lowest BCUT2D eigenvalue weighted by molar-refractivity contribution is -0.192. The summed E-state index contributed by atoms with van der Waals surface area (Å²) in [5.41, 5.74) is 3.55. The van der Waals surface area contributed by atoms with Gasteiger partial charge in [-0.25, -0.2) is 14.3 Å². The van der Waals surface area contributed by atoms with Gasteiger partial charge in [0.1, 0.15) is 17.4 Å². The highest BCUT2D eigenvalue weighted by Crippen LogP contribution is 2.34. The summed E-state index contributed by atoms with van der Waals surface area (Å²) in [6.45, 7) is 6.42. The van der Waals surface area contributed by atoms with E-state index in [0.717, 1.165) is 54.4 Å². The predicted molar refractivity (Wildman–Crippen MR) is 135 cm³/mol. The average molecular weight is 551 g/mol. The maximum Gasteiger partial charge on any atom is 0.490 e. The van der Waals surface area contributed by atoms with Gasteiger partial charge in [0.2, 0.25) is 11.8 Å². The second-order valence-electron chi connectivity index (χ2n) is 9.11. The van der Waals surface area contributed by atoms with Gasteiger partial charge in [-0.05, 0) is 25.1 Å². The molecule has 2 aliphatic heterocycles. The van der Waals surface area contributed by atoms with Crippen molar-refractivity contribution < 1.29 is 37.3 Å². The summed E-state index contributed by atoms with van der Waals surface area (Å²) in [4.78, 5) is 27.7. The second kappa shape index (κ2) is 11.8. The molecule has 5 rings (SSSR count). The van der Waals surface area contributed by atoms with Gasteiger partial charge in [0, 0.05) is 50.6 Å². The average Bonchev–Trinajstić information content (AvgIpc) is 3.58. The number of rotatable bonds is 6. The highest BCUT2D eigenvalue weighted by atomic mass is 19.4. The first-order valence-electron chi connectivity index (χ1n) is 12.3. The molecule has 0 saturated carbocycles. The largest absolute Gasteiger partial charge is 0.495 e. The third kappa shape index (κ3) is 6.69. The zero-order valence-corrected chi connectivity index (χ0v) is 21.4. The third-order valence-corrected chi connectivity index (χ3v) is 6.50. The first kappa shape index (κ1) is 28.0. The van der Waals surface area contributed by atoms with E-state index >= 15 is 0 Å². The second-order valence-corrected chi connectivity index (χ2v) is 9.11. The molecule has 0 radical (unpaired) electrons. The molecule has 2 aromatic heterocycles. The summed E-state index contributed by atoms with van der Waals surface area (Å²) in [6.07, 6.45) is -1.14. The van der Waals surface area contributed by atoms with Crippen LogP contribution in [0, 0.1) is 5.92 Å². The van der Waals surface area contributed by atoms with Gasteiger partial charge >= 0.3 is 12.1 Å². The summed E-state index contributed by atoms with van der Waals surface area (Å²) in [7, 11) is 1.70. The fraction of sp³-hybridized carbons (Fsp3) is 0.440. The standard InChI is InChI=1S/C23H28N6O3.C2HF3O2/c1-15(17-12-22(30)25-13-17)32-23-20-5-6-26-29(20)14-18(27-23)16-3-4-19(21(11-16)31-2)28-9-7-24-8-10-28;3-2(4,5)1(6)7/h3-6,11,14-15,17,24H,7-10,12-13H2,1-2H3,(H,25,30);(H,6,7)/t15-,17-;/m1./s1. The van der Waals surface area contributed by atoms with Crippen molar-refractivity contribution in [1.29, 1.82) is 0 Å². The molecule has 0 spiro atoms. The van der Waals surface area contributed by atoms with Gasteiger partial charge in [0.25, 0.3) is 0 Å². The number of carbonyl (C=O) groups excluding carboxylic acids is 1. The maximum atomic E-state index is 11.6. The van der Waals surface area contributed by atoms with E-state index < -0.39 is 12.1 Å². The third-order valence-electron chi connectivity index (χ3n) is 6.50. The quantitative estimate of drug-likeness (QED) is 0.423. The molecule has 14 heteroatoms. The van der Waals surface area contributed by atoms with Crippen LogP contribution >= 0.6 is 0 Å². The number of nitrogens with one attached hydrogen (secondary N) is 2. The number of piperazine rings is 1. The number of alkyl halides is 3. The van der Waals surface area contributed by atoms with Crippen LogP contribution in [0.2, 0.25) is 0 Å². The Morgan fingerprint density at radius 2 is 1.95 bits per heavy atom. The first-order valence-corrected chi connectivity index (χ1v) is 12.3. The predicted octanol–water partition coefficient (Wildman–Crippen LogP) is 2.35. The molecule has 2 atom stereocenters. The van der Waals surface area contributed by atoms with Gasteiger partial charge in [0.05, 0.1) is 30.9 Å². The Kier molecular flexibility index (Phi) is 8.43. The van der Waals surface area contributed by atoms with Crippen LogP contribution in [-0.2, 0) is 9.59 Å². The van der Waals surface area contributed by atoms with Crippen molar-refractivity contribution in [1.82, 2.24) is 25.2 Å². The lowest BCUT2D eigenvalue weighted by Gasteiger charge is -2.30. The number of aliphatic carboxylic acids is 1. The van der Waals surface area contributed by atoms with Gasteiger partial charge < -0.3 is 30.1 Å². The van der Waals surface area contributed by atoms with Gasteiger partial charge in [-0.2, -0.15) is 18.3 Å². The van der Waals surface area contributed by atoms with Crippen LogP contribution in [0.25, 0.3) is 16.8 Å². The first-order chi connectivity index (χ1) is 18.6. The Balaban J connectivity index is 0.000000448. The zero-order chi connectivity index (χ0) is 28.2. The SMILES string of the molecule is COc1cc(-c2cn3nccc3c(O[C@H](C)[C@H]3CNC(=O)C3)n2)ccc1N1CCNCC1.O=C(O)C(F)(F)F. The van der Waals surface area contributed by atoms with Crippen molar-refractivity contribution in [3.63, 3.8) is 0 Å². The van der Waals surface area contributed by atoms with E-state index in [1.165, 1.54) is 0 Å². The number of halogens is 3. The molecule has 0 aliphatic carbocycles. The van der Waals surface area contributed by atoms with Crippen LogP contribution in [0.5, 0.6) is 11.6 Å². The fourth-order valence-corrected chi connectivity index (χ4v) is 4.36. The van der Waals surface area contributed by atoms with E-state index in [9.17, 15) is 18.0 Å². The highest BCUT2D eigenvalue weighted by molar-refractivity contribution is 5.78. The lowest BCUT2D eigenvalue weighted by atomic mass is 10.0. The molecular weight excluding hydrogens is 521 g/mol. The van der Waals surface area contributed by atoms with E-state index in [0.29, 0.717) is 18.8 Å². The van der Waals surface area contributed by atoms with Gasteiger partial charge in [-0.3, -0.25) is 4.79 Å². The number of fused-ring (bicyclic) bond motifs is 1. The maximum absolute atomic E-state index is 11.6. The molecule has 1 amide bonds. The summed E-state index contributed by atoms with van der Waals surface area (Å²) in [6, 6.07) is 8.05. The molecule has 1 aromatic carbocycles. The van der Waals surface area contributed by atoms with Crippen molar-refractivity contribution in [3.05, 3.63) is 36.7 Å².